The molecule has 0 N–H and O–H groups in total. The van der Waals surface area contributed by atoms with E-state index in [1.54, 1.807) is 24.3 Å². The molecule has 0 fully saturated rings. The van der Waals surface area contributed by atoms with Crippen molar-refractivity contribution in [1.29, 1.82) is 0 Å². The Morgan fingerprint density at radius 1 is 1.18 bits per heavy atom. The number of nitrogens with zero attached hydrogens (tertiary/aromatic N) is 2. The van der Waals surface area contributed by atoms with E-state index in [0.717, 1.165) is 11.3 Å². The largest absolute Gasteiger partial charge is 0.487 e. The minimum absolute atomic E-state index is 0.241. The lowest BCUT2D eigenvalue weighted by Crippen LogP contribution is -2.42. The molecule has 0 saturated heterocycles. The Morgan fingerprint density at radius 2 is 1.96 bits per heavy atom. The van der Waals surface area contributed by atoms with Crippen LogP contribution < -0.4 is 9.04 Å². The number of aromatic nitrogens is 1. The predicted molar refractivity (Wildman–Crippen MR) is 107 cm³/mol. The van der Waals surface area contributed by atoms with Crippen LogP contribution in [0.3, 0.4) is 0 Å². The summed E-state index contributed by atoms with van der Waals surface area (Å²) in [5, 5.41) is 3.91. The van der Waals surface area contributed by atoms with Crippen molar-refractivity contribution in [3.05, 3.63) is 59.8 Å². The van der Waals surface area contributed by atoms with E-state index in [-0.39, 0.29) is 17.5 Å². The highest BCUT2D eigenvalue weighted by Gasteiger charge is 2.34. The highest BCUT2D eigenvalue weighted by Crippen LogP contribution is 2.38. The van der Waals surface area contributed by atoms with Gasteiger partial charge in [0.05, 0.1) is 22.8 Å². The number of para-hydroxylation sites is 2. The van der Waals surface area contributed by atoms with Crippen LogP contribution in [0.5, 0.6) is 5.75 Å². The number of hydrogen-bond donors (Lipinski definition) is 0. The quantitative estimate of drug-likeness (QED) is 0.659. The molecule has 0 saturated carbocycles. The number of hydrogen-bond acceptors (Lipinski definition) is 5. The lowest BCUT2D eigenvalue weighted by atomic mass is 10.1. The molecule has 1 atom stereocenters. The number of ether oxygens (including phenoxy) is 1. The van der Waals surface area contributed by atoms with Gasteiger partial charge in [0.1, 0.15) is 11.9 Å². The van der Waals surface area contributed by atoms with Crippen molar-refractivity contribution in [2.24, 2.45) is 0 Å². The zero-order valence-electron chi connectivity index (χ0n) is 16.0. The molecule has 0 aliphatic carbocycles. The van der Waals surface area contributed by atoms with Gasteiger partial charge >= 0.3 is 0 Å². The lowest BCUT2D eigenvalue weighted by molar-refractivity contribution is 0.219. The molecule has 2 heterocycles. The van der Waals surface area contributed by atoms with Crippen LogP contribution in [0.4, 0.5) is 5.69 Å². The number of anilines is 1. The third-order valence-electron chi connectivity index (χ3n) is 4.81. The number of sulfonamides is 1. The SMILES string of the molecule is CCc1ccc(-c2cc(C)no2)cc1S(=O)(=O)N1CC(C)Oc2ccccc21. The summed E-state index contributed by atoms with van der Waals surface area (Å²) in [7, 11) is -3.78. The van der Waals surface area contributed by atoms with Gasteiger partial charge in [-0.1, -0.05) is 36.3 Å². The van der Waals surface area contributed by atoms with Gasteiger partial charge in [0.15, 0.2) is 5.76 Å². The Hall–Kier alpha value is -2.80. The third kappa shape index (κ3) is 3.16. The molecule has 4 rings (SSSR count). The molecular formula is C21H22N2O4S. The summed E-state index contributed by atoms with van der Waals surface area (Å²) in [6.07, 6.45) is 0.362. The monoisotopic (exact) mass is 398 g/mol. The molecule has 2 aromatic carbocycles. The molecule has 1 unspecified atom stereocenters. The Balaban J connectivity index is 1.85. The summed E-state index contributed by atoms with van der Waals surface area (Å²) >= 11 is 0. The van der Waals surface area contributed by atoms with E-state index in [4.69, 9.17) is 9.26 Å². The second-order valence-electron chi connectivity index (χ2n) is 6.94. The van der Waals surface area contributed by atoms with Crippen LogP contribution in [0.25, 0.3) is 11.3 Å². The van der Waals surface area contributed by atoms with Gasteiger partial charge in [0.25, 0.3) is 10.0 Å². The first-order valence-electron chi connectivity index (χ1n) is 9.25. The molecule has 1 aliphatic rings. The molecule has 146 valence electrons. The maximum atomic E-state index is 13.7. The van der Waals surface area contributed by atoms with Crippen molar-refractivity contribution >= 4 is 15.7 Å². The average molecular weight is 398 g/mol. The molecule has 0 radical (unpaired) electrons. The zero-order chi connectivity index (χ0) is 19.9. The smallest absolute Gasteiger partial charge is 0.264 e. The summed E-state index contributed by atoms with van der Waals surface area (Å²) in [5.74, 6) is 1.12. The number of rotatable bonds is 4. The summed E-state index contributed by atoms with van der Waals surface area (Å²) in [5.41, 5.74) is 2.75. The third-order valence-corrected chi connectivity index (χ3v) is 6.68. The molecule has 1 aromatic heterocycles. The summed E-state index contributed by atoms with van der Waals surface area (Å²) < 4.78 is 40.0. The van der Waals surface area contributed by atoms with Gasteiger partial charge in [-0.15, -0.1) is 0 Å². The molecule has 1 aliphatic heterocycles. The van der Waals surface area contributed by atoms with Gasteiger partial charge in [0.2, 0.25) is 0 Å². The van der Waals surface area contributed by atoms with E-state index in [9.17, 15) is 8.42 Å². The van der Waals surface area contributed by atoms with Gasteiger partial charge in [0, 0.05) is 11.6 Å². The molecule has 7 heteroatoms. The minimum Gasteiger partial charge on any atom is -0.487 e. The van der Waals surface area contributed by atoms with Crippen LogP contribution in [0.2, 0.25) is 0 Å². The first kappa shape index (κ1) is 18.6. The Kier molecular flexibility index (Phi) is 4.63. The van der Waals surface area contributed by atoms with E-state index in [1.165, 1.54) is 4.31 Å². The van der Waals surface area contributed by atoms with Crippen LogP contribution in [0.1, 0.15) is 25.1 Å². The lowest BCUT2D eigenvalue weighted by Gasteiger charge is -2.34. The maximum Gasteiger partial charge on any atom is 0.264 e. The standard InChI is InChI=1S/C21H22N2O4S/c1-4-16-9-10-17(20-11-14(2)22-27-20)12-21(16)28(24,25)23-13-15(3)26-19-8-6-5-7-18(19)23/h5-12,15H,4,13H2,1-3H3. The number of aryl methyl sites for hydroxylation is 2. The molecule has 0 spiro atoms. The Morgan fingerprint density at radius 3 is 2.68 bits per heavy atom. The van der Waals surface area contributed by atoms with Crippen LogP contribution >= 0.6 is 0 Å². The van der Waals surface area contributed by atoms with Gasteiger partial charge < -0.3 is 9.26 Å². The normalized spacial score (nSPS) is 16.5. The van der Waals surface area contributed by atoms with E-state index in [1.807, 2.05) is 45.0 Å². The number of benzene rings is 2. The first-order chi connectivity index (χ1) is 13.4. The van der Waals surface area contributed by atoms with Crippen molar-refractivity contribution in [3.8, 4) is 17.1 Å². The van der Waals surface area contributed by atoms with Gasteiger partial charge in [-0.05, 0) is 44.0 Å². The van der Waals surface area contributed by atoms with E-state index >= 15 is 0 Å². The van der Waals surface area contributed by atoms with E-state index in [2.05, 4.69) is 5.16 Å². The van der Waals surface area contributed by atoms with Crippen molar-refractivity contribution < 1.29 is 17.7 Å². The molecule has 3 aromatic rings. The van der Waals surface area contributed by atoms with Crippen molar-refractivity contribution in [2.75, 3.05) is 10.8 Å². The highest BCUT2D eigenvalue weighted by atomic mass is 32.2. The summed E-state index contributed by atoms with van der Waals surface area (Å²) in [6.45, 7) is 5.90. The highest BCUT2D eigenvalue weighted by molar-refractivity contribution is 7.93. The van der Waals surface area contributed by atoms with Crippen molar-refractivity contribution in [2.45, 2.75) is 38.2 Å². The average Bonchev–Trinajstić information content (AvgIpc) is 3.13. The second kappa shape index (κ2) is 6.98. The van der Waals surface area contributed by atoms with Gasteiger partial charge in [-0.2, -0.15) is 0 Å². The molecule has 28 heavy (non-hydrogen) atoms. The van der Waals surface area contributed by atoms with E-state index < -0.39 is 10.0 Å². The van der Waals surface area contributed by atoms with E-state index in [0.29, 0.717) is 29.2 Å². The fourth-order valence-electron chi connectivity index (χ4n) is 3.43. The molecule has 0 bridgehead atoms. The van der Waals surface area contributed by atoms with Crippen molar-refractivity contribution in [3.63, 3.8) is 0 Å². The van der Waals surface area contributed by atoms with Crippen LogP contribution in [0, 0.1) is 6.92 Å². The Labute approximate surface area is 164 Å². The molecule has 6 nitrogen and oxygen atoms in total. The van der Waals surface area contributed by atoms with Crippen LogP contribution in [-0.2, 0) is 16.4 Å². The molecular weight excluding hydrogens is 376 g/mol. The first-order valence-corrected chi connectivity index (χ1v) is 10.7. The van der Waals surface area contributed by atoms with Crippen molar-refractivity contribution in [1.82, 2.24) is 5.16 Å². The zero-order valence-corrected chi connectivity index (χ0v) is 16.9. The fraction of sp³-hybridized carbons (Fsp3) is 0.286. The predicted octanol–water partition coefficient (Wildman–Crippen LogP) is 4.19. The Bertz CT molecular complexity index is 1120. The second-order valence-corrected chi connectivity index (χ2v) is 8.77. The number of fused-ring (bicyclic) bond motifs is 1. The van der Waals surface area contributed by atoms with Crippen LogP contribution in [0.15, 0.2) is 57.9 Å². The van der Waals surface area contributed by atoms with Crippen LogP contribution in [-0.4, -0.2) is 26.2 Å². The van der Waals surface area contributed by atoms with Gasteiger partial charge in [-0.25, -0.2) is 8.42 Å². The summed E-state index contributed by atoms with van der Waals surface area (Å²) in [6, 6.07) is 14.4. The fourth-order valence-corrected chi connectivity index (χ4v) is 5.31. The topological polar surface area (TPSA) is 72.6 Å². The minimum atomic E-state index is -3.78. The molecule has 0 amide bonds. The summed E-state index contributed by atoms with van der Waals surface area (Å²) in [4.78, 5) is 0.283. The maximum absolute atomic E-state index is 13.7. The van der Waals surface area contributed by atoms with Gasteiger partial charge in [-0.3, -0.25) is 4.31 Å².